The van der Waals surface area contributed by atoms with Crippen LogP contribution in [0.25, 0.3) is 0 Å². The first kappa shape index (κ1) is 12.4. The van der Waals surface area contributed by atoms with Gasteiger partial charge in [-0.3, -0.25) is 0 Å². The third kappa shape index (κ3) is 6.59. The molecule has 0 saturated carbocycles. The summed E-state index contributed by atoms with van der Waals surface area (Å²) in [6.07, 6.45) is 7.54. The Kier molecular flexibility index (Phi) is 6.61. The topological polar surface area (TPSA) is 20.2 Å². The van der Waals surface area contributed by atoms with Crippen molar-refractivity contribution in [3.63, 3.8) is 0 Å². The number of aliphatic hydroxyl groups is 1. The van der Waals surface area contributed by atoms with Crippen LogP contribution in [-0.2, 0) is 0 Å². The average Bonchev–Trinajstić information content (AvgIpc) is 2.04. The zero-order valence-electron chi connectivity index (χ0n) is 9.25. The Morgan fingerprint density at radius 2 is 1.92 bits per heavy atom. The zero-order chi connectivity index (χ0) is 10.3. The van der Waals surface area contributed by atoms with Gasteiger partial charge >= 0.3 is 0 Å². The molecule has 0 aliphatic carbocycles. The number of hydrogen-bond acceptors (Lipinski definition) is 1. The number of hydrogen-bond donors (Lipinski definition) is 1. The highest BCUT2D eigenvalue weighted by atomic mass is 16.3. The van der Waals surface area contributed by atoms with Crippen molar-refractivity contribution in [2.24, 2.45) is 11.8 Å². The highest BCUT2D eigenvalue weighted by Gasteiger charge is 2.00. The molecule has 0 spiro atoms. The fourth-order valence-corrected chi connectivity index (χ4v) is 1.51. The Morgan fingerprint density at radius 3 is 2.38 bits per heavy atom. The first-order valence-corrected chi connectivity index (χ1v) is 5.01. The Hall–Kier alpha value is -0.560. The van der Waals surface area contributed by atoms with Crippen molar-refractivity contribution in [2.45, 2.75) is 34.1 Å². The molecule has 1 heteroatoms. The van der Waals surface area contributed by atoms with Crippen molar-refractivity contribution < 1.29 is 5.11 Å². The summed E-state index contributed by atoms with van der Waals surface area (Å²) < 4.78 is 0. The van der Waals surface area contributed by atoms with Crippen LogP contribution in [0, 0.1) is 11.8 Å². The van der Waals surface area contributed by atoms with E-state index in [1.165, 1.54) is 5.57 Å². The van der Waals surface area contributed by atoms with Crippen LogP contribution in [0.15, 0.2) is 23.8 Å². The van der Waals surface area contributed by atoms with E-state index in [0.717, 1.165) is 6.42 Å². The minimum absolute atomic E-state index is 0.245. The summed E-state index contributed by atoms with van der Waals surface area (Å²) in [7, 11) is 0. The fraction of sp³-hybridized carbons (Fsp3) is 0.667. The van der Waals surface area contributed by atoms with E-state index in [9.17, 15) is 0 Å². The van der Waals surface area contributed by atoms with Gasteiger partial charge in [-0.25, -0.2) is 0 Å². The van der Waals surface area contributed by atoms with Crippen LogP contribution < -0.4 is 0 Å². The van der Waals surface area contributed by atoms with Crippen molar-refractivity contribution in [3.05, 3.63) is 23.8 Å². The molecule has 0 radical (unpaired) electrons. The van der Waals surface area contributed by atoms with Gasteiger partial charge in [-0.2, -0.15) is 0 Å². The molecular formula is C12H22O. The second-order valence-electron chi connectivity index (χ2n) is 3.88. The van der Waals surface area contributed by atoms with Crippen LogP contribution in [0.1, 0.15) is 34.1 Å². The van der Waals surface area contributed by atoms with Gasteiger partial charge in [-0.15, -0.1) is 0 Å². The summed E-state index contributed by atoms with van der Waals surface area (Å²) in [5.74, 6) is 0.893. The Bertz CT molecular complexity index is 180. The van der Waals surface area contributed by atoms with Crippen molar-refractivity contribution in [2.75, 3.05) is 6.61 Å². The molecule has 13 heavy (non-hydrogen) atoms. The predicted octanol–water partition coefficient (Wildman–Crippen LogP) is 3.16. The maximum absolute atomic E-state index is 8.86. The van der Waals surface area contributed by atoms with Crippen molar-refractivity contribution in [1.82, 2.24) is 0 Å². The lowest BCUT2D eigenvalue weighted by Crippen LogP contribution is -1.98. The second kappa shape index (κ2) is 6.90. The minimum atomic E-state index is 0.245. The summed E-state index contributed by atoms with van der Waals surface area (Å²) in [4.78, 5) is 0. The lowest BCUT2D eigenvalue weighted by atomic mass is 9.99. The smallest absolute Gasteiger partial charge is 0.0491 e. The van der Waals surface area contributed by atoms with E-state index >= 15 is 0 Å². The minimum Gasteiger partial charge on any atom is -0.396 e. The quantitative estimate of drug-likeness (QED) is 0.647. The highest BCUT2D eigenvalue weighted by molar-refractivity contribution is 5.03. The highest BCUT2D eigenvalue weighted by Crippen LogP contribution is 2.14. The molecule has 0 bridgehead atoms. The summed E-state index contributed by atoms with van der Waals surface area (Å²) in [6, 6.07) is 0. The Morgan fingerprint density at radius 1 is 1.31 bits per heavy atom. The third-order valence-electron chi connectivity index (χ3n) is 2.02. The van der Waals surface area contributed by atoms with Gasteiger partial charge in [-0.1, -0.05) is 37.6 Å². The second-order valence-corrected chi connectivity index (χ2v) is 3.88. The largest absolute Gasteiger partial charge is 0.396 e. The molecule has 2 atom stereocenters. The first-order valence-electron chi connectivity index (χ1n) is 5.01. The van der Waals surface area contributed by atoms with E-state index < -0.39 is 0 Å². The van der Waals surface area contributed by atoms with Crippen LogP contribution in [-0.4, -0.2) is 11.7 Å². The summed E-state index contributed by atoms with van der Waals surface area (Å²) in [5.41, 5.74) is 1.37. The molecule has 1 N–H and O–H groups in total. The van der Waals surface area contributed by atoms with Crippen LogP contribution in [0.3, 0.4) is 0 Å². The SMILES string of the molecule is CC=CC(C)CC(C)=CC(C)CO. The van der Waals surface area contributed by atoms with Crippen LogP contribution in [0.4, 0.5) is 0 Å². The van der Waals surface area contributed by atoms with E-state index in [4.69, 9.17) is 5.11 Å². The summed E-state index contributed by atoms with van der Waals surface area (Å²) in [5, 5.41) is 8.86. The first-order chi connectivity index (χ1) is 6.10. The van der Waals surface area contributed by atoms with Crippen molar-refractivity contribution >= 4 is 0 Å². The Balaban J connectivity index is 3.97. The molecule has 0 aromatic carbocycles. The standard InChI is InChI=1S/C12H22O/c1-5-6-10(2)7-11(3)8-12(4)9-13/h5-6,8,10,12-13H,7,9H2,1-4H3. The molecule has 0 saturated heterocycles. The molecule has 0 aromatic heterocycles. The lowest BCUT2D eigenvalue weighted by Gasteiger charge is -2.08. The lowest BCUT2D eigenvalue weighted by molar-refractivity contribution is 0.261. The molecule has 1 nitrogen and oxygen atoms in total. The molecular weight excluding hydrogens is 160 g/mol. The maximum atomic E-state index is 8.86. The van der Waals surface area contributed by atoms with Gasteiger partial charge in [0.15, 0.2) is 0 Å². The van der Waals surface area contributed by atoms with Crippen molar-refractivity contribution in [3.8, 4) is 0 Å². The van der Waals surface area contributed by atoms with Gasteiger partial charge in [0.1, 0.15) is 0 Å². The monoisotopic (exact) mass is 182 g/mol. The van der Waals surface area contributed by atoms with Crippen LogP contribution in [0.5, 0.6) is 0 Å². The molecule has 0 amide bonds. The van der Waals surface area contributed by atoms with Gasteiger partial charge in [-0.05, 0) is 32.1 Å². The normalized spacial score (nSPS) is 17.8. The average molecular weight is 182 g/mol. The summed E-state index contributed by atoms with van der Waals surface area (Å²) >= 11 is 0. The van der Waals surface area contributed by atoms with Crippen LogP contribution in [0.2, 0.25) is 0 Å². The van der Waals surface area contributed by atoms with Crippen LogP contribution >= 0.6 is 0 Å². The van der Waals surface area contributed by atoms with E-state index in [1.807, 2.05) is 13.8 Å². The third-order valence-corrected chi connectivity index (χ3v) is 2.02. The van der Waals surface area contributed by atoms with Gasteiger partial charge < -0.3 is 5.11 Å². The summed E-state index contributed by atoms with van der Waals surface area (Å²) in [6.45, 7) is 8.66. The van der Waals surface area contributed by atoms with E-state index in [2.05, 4.69) is 32.1 Å². The molecule has 2 unspecified atom stereocenters. The van der Waals surface area contributed by atoms with Gasteiger partial charge in [0.25, 0.3) is 0 Å². The number of aliphatic hydroxyl groups excluding tert-OH is 1. The van der Waals surface area contributed by atoms with Gasteiger partial charge in [0, 0.05) is 6.61 Å². The molecule has 0 aliphatic rings. The predicted molar refractivity (Wildman–Crippen MR) is 58.6 cm³/mol. The molecule has 0 aromatic rings. The molecule has 0 rings (SSSR count). The number of rotatable bonds is 5. The van der Waals surface area contributed by atoms with E-state index in [1.54, 1.807) is 0 Å². The molecule has 76 valence electrons. The molecule has 0 aliphatic heterocycles. The molecule has 0 heterocycles. The van der Waals surface area contributed by atoms with E-state index in [-0.39, 0.29) is 12.5 Å². The van der Waals surface area contributed by atoms with E-state index in [0.29, 0.717) is 5.92 Å². The van der Waals surface area contributed by atoms with Crippen molar-refractivity contribution in [1.29, 1.82) is 0 Å². The maximum Gasteiger partial charge on any atom is 0.0491 e. The van der Waals surface area contributed by atoms with Gasteiger partial charge in [0.05, 0.1) is 0 Å². The fourth-order valence-electron chi connectivity index (χ4n) is 1.51. The molecule has 0 fully saturated rings. The zero-order valence-corrected chi connectivity index (χ0v) is 9.25. The Labute approximate surface area is 82.2 Å². The van der Waals surface area contributed by atoms with Gasteiger partial charge in [0.2, 0.25) is 0 Å². The number of allylic oxidation sites excluding steroid dienone is 3.